The van der Waals surface area contributed by atoms with Gasteiger partial charge < -0.3 is 26.8 Å². The second-order valence-electron chi connectivity index (χ2n) is 8.90. The summed E-state index contributed by atoms with van der Waals surface area (Å²) in [6.07, 6.45) is -0.515. The first-order valence-corrected chi connectivity index (χ1v) is 11.4. The molecule has 0 aliphatic heterocycles. The molecule has 0 heterocycles. The van der Waals surface area contributed by atoms with E-state index in [2.05, 4.69) is 16.0 Å². The molecule has 6 N–H and O–H groups in total. The van der Waals surface area contributed by atoms with Crippen LogP contribution in [0.3, 0.4) is 0 Å². The van der Waals surface area contributed by atoms with Crippen LogP contribution < -0.4 is 21.7 Å². The van der Waals surface area contributed by atoms with Crippen LogP contribution in [0.4, 0.5) is 4.79 Å². The molecular formula is C24H36N4O6. The molecule has 188 valence electrons. The van der Waals surface area contributed by atoms with Crippen LogP contribution in [0.2, 0.25) is 0 Å². The quantitative estimate of drug-likeness (QED) is 0.254. The molecule has 0 aliphatic rings. The van der Waals surface area contributed by atoms with E-state index in [-0.39, 0.29) is 18.8 Å². The molecule has 1 rings (SSSR count). The van der Waals surface area contributed by atoms with Crippen LogP contribution in [0.15, 0.2) is 30.3 Å². The second kappa shape index (κ2) is 14.0. The van der Waals surface area contributed by atoms with E-state index in [0.29, 0.717) is 12.8 Å². The standard InChI is InChI=1S/C24H36N4O6/c1-5-15(4)20(28-22(31)18(11-14(2)3)27-24(33)34)21(30)23(32)26-17(13-19(25)29)12-16-9-7-6-8-10-16/h6-10,14-15,17-18,20,27H,5,11-13H2,1-4H3,(H2,25,29)(H,26,32)(H,28,31)(H,33,34)/t15-,17-,18-,20?/m0/s1. The van der Waals surface area contributed by atoms with E-state index in [0.717, 1.165) is 5.56 Å². The molecule has 0 bridgehead atoms. The van der Waals surface area contributed by atoms with Crippen LogP contribution in [0.1, 0.15) is 52.5 Å². The molecule has 1 unspecified atom stereocenters. The fraction of sp³-hybridized carbons (Fsp3) is 0.542. The molecule has 10 nitrogen and oxygen atoms in total. The van der Waals surface area contributed by atoms with Gasteiger partial charge in [-0.2, -0.15) is 0 Å². The van der Waals surface area contributed by atoms with Crippen LogP contribution in [0.5, 0.6) is 0 Å². The Morgan fingerprint density at radius 3 is 2.09 bits per heavy atom. The monoisotopic (exact) mass is 476 g/mol. The summed E-state index contributed by atoms with van der Waals surface area (Å²) >= 11 is 0. The third kappa shape index (κ3) is 10.0. The summed E-state index contributed by atoms with van der Waals surface area (Å²) in [5.41, 5.74) is 6.17. The number of primary amides is 1. The zero-order valence-corrected chi connectivity index (χ0v) is 20.2. The second-order valence-corrected chi connectivity index (χ2v) is 8.90. The van der Waals surface area contributed by atoms with Crippen molar-refractivity contribution in [2.75, 3.05) is 0 Å². The highest BCUT2D eigenvalue weighted by molar-refractivity contribution is 6.38. The predicted octanol–water partition coefficient (Wildman–Crippen LogP) is 1.37. The highest BCUT2D eigenvalue weighted by atomic mass is 16.4. The molecule has 34 heavy (non-hydrogen) atoms. The first-order valence-electron chi connectivity index (χ1n) is 11.4. The van der Waals surface area contributed by atoms with Crippen LogP contribution >= 0.6 is 0 Å². The zero-order valence-electron chi connectivity index (χ0n) is 20.2. The maximum atomic E-state index is 13.0. The van der Waals surface area contributed by atoms with Gasteiger partial charge in [-0.15, -0.1) is 0 Å². The summed E-state index contributed by atoms with van der Waals surface area (Å²) in [5, 5.41) is 16.4. The smallest absolute Gasteiger partial charge is 0.405 e. The molecule has 0 spiro atoms. The Morgan fingerprint density at radius 1 is 0.971 bits per heavy atom. The highest BCUT2D eigenvalue weighted by Gasteiger charge is 2.34. The number of Topliss-reactive ketones (excluding diaryl/α,β-unsaturated/α-hetero) is 1. The zero-order chi connectivity index (χ0) is 25.8. The Kier molecular flexibility index (Phi) is 11.8. The van der Waals surface area contributed by atoms with Crippen LogP contribution in [0, 0.1) is 11.8 Å². The minimum Gasteiger partial charge on any atom is -0.465 e. The Balaban J connectivity index is 3.01. The van der Waals surface area contributed by atoms with Gasteiger partial charge in [0.1, 0.15) is 6.04 Å². The normalized spacial score (nSPS) is 14.4. The van der Waals surface area contributed by atoms with E-state index in [1.54, 1.807) is 13.8 Å². The largest absolute Gasteiger partial charge is 0.465 e. The van der Waals surface area contributed by atoms with Crippen LogP contribution in [-0.2, 0) is 25.6 Å². The molecule has 4 atom stereocenters. The Hall–Kier alpha value is -3.43. The van der Waals surface area contributed by atoms with Crippen molar-refractivity contribution in [1.29, 1.82) is 0 Å². The van der Waals surface area contributed by atoms with Gasteiger partial charge in [0.05, 0.1) is 6.04 Å². The molecule has 4 amide bonds. The number of nitrogens with two attached hydrogens (primary N) is 1. The molecule has 0 fully saturated rings. The minimum absolute atomic E-state index is 0.0104. The molecule has 0 aromatic heterocycles. The first-order chi connectivity index (χ1) is 15.9. The summed E-state index contributed by atoms with van der Waals surface area (Å²) in [6.45, 7) is 7.19. The number of ketones is 1. The Labute approximate surface area is 200 Å². The van der Waals surface area contributed by atoms with E-state index in [4.69, 9.17) is 10.8 Å². The van der Waals surface area contributed by atoms with Gasteiger partial charge in [0.2, 0.25) is 17.6 Å². The molecule has 1 aromatic carbocycles. The highest BCUT2D eigenvalue weighted by Crippen LogP contribution is 2.13. The lowest BCUT2D eigenvalue weighted by atomic mass is 9.93. The Morgan fingerprint density at radius 2 is 1.59 bits per heavy atom. The molecule has 0 saturated carbocycles. The van der Waals surface area contributed by atoms with Crippen molar-refractivity contribution in [3.63, 3.8) is 0 Å². The first kappa shape index (κ1) is 28.6. The number of nitrogens with one attached hydrogen (secondary N) is 3. The van der Waals surface area contributed by atoms with Crippen molar-refractivity contribution in [3.05, 3.63) is 35.9 Å². The fourth-order valence-corrected chi connectivity index (χ4v) is 3.52. The van der Waals surface area contributed by atoms with Gasteiger partial charge in [-0.3, -0.25) is 19.2 Å². The summed E-state index contributed by atoms with van der Waals surface area (Å²) in [4.78, 5) is 61.3. The van der Waals surface area contributed by atoms with Crippen LogP contribution in [-0.4, -0.2) is 52.8 Å². The third-order valence-corrected chi connectivity index (χ3v) is 5.45. The number of amides is 4. The van der Waals surface area contributed by atoms with Crippen molar-refractivity contribution >= 4 is 29.6 Å². The third-order valence-electron chi connectivity index (χ3n) is 5.45. The maximum Gasteiger partial charge on any atom is 0.405 e. The fourth-order valence-electron chi connectivity index (χ4n) is 3.52. The van der Waals surface area contributed by atoms with Gasteiger partial charge in [0, 0.05) is 12.5 Å². The molecule has 10 heteroatoms. The lowest BCUT2D eigenvalue weighted by Crippen LogP contribution is -2.56. The van der Waals surface area contributed by atoms with Gasteiger partial charge in [0.25, 0.3) is 5.91 Å². The van der Waals surface area contributed by atoms with E-state index in [1.807, 2.05) is 44.2 Å². The summed E-state index contributed by atoms with van der Waals surface area (Å²) < 4.78 is 0. The number of benzene rings is 1. The molecule has 0 aliphatic carbocycles. The Bertz CT molecular complexity index is 858. The number of carbonyl (C=O) groups is 5. The van der Waals surface area contributed by atoms with Gasteiger partial charge in [-0.05, 0) is 30.2 Å². The lowest BCUT2D eigenvalue weighted by Gasteiger charge is -2.27. The van der Waals surface area contributed by atoms with Crippen molar-refractivity contribution < 1.29 is 29.1 Å². The van der Waals surface area contributed by atoms with Crippen molar-refractivity contribution in [2.45, 2.75) is 71.5 Å². The topological polar surface area (TPSA) is 168 Å². The minimum atomic E-state index is -1.36. The van der Waals surface area contributed by atoms with Crippen molar-refractivity contribution in [3.8, 4) is 0 Å². The van der Waals surface area contributed by atoms with E-state index >= 15 is 0 Å². The van der Waals surface area contributed by atoms with Gasteiger partial charge in [-0.1, -0.05) is 64.4 Å². The number of hydrogen-bond acceptors (Lipinski definition) is 5. The summed E-state index contributed by atoms with van der Waals surface area (Å²) in [5.74, 6) is -3.51. The lowest BCUT2D eigenvalue weighted by molar-refractivity contribution is -0.141. The average molecular weight is 477 g/mol. The van der Waals surface area contributed by atoms with Crippen molar-refractivity contribution in [2.24, 2.45) is 17.6 Å². The predicted molar refractivity (Wildman–Crippen MR) is 127 cm³/mol. The number of carboxylic acid groups (broad SMARTS) is 1. The molecule has 0 saturated heterocycles. The number of carbonyl (C=O) groups excluding carboxylic acids is 4. The van der Waals surface area contributed by atoms with Crippen molar-refractivity contribution in [1.82, 2.24) is 16.0 Å². The molecule has 1 aromatic rings. The van der Waals surface area contributed by atoms with E-state index < -0.39 is 53.6 Å². The average Bonchev–Trinajstić information content (AvgIpc) is 2.75. The van der Waals surface area contributed by atoms with Crippen LogP contribution in [0.25, 0.3) is 0 Å². The summed E-state index contributed by atoms with van der Waals surface area (Å²) in [6, 6.07) is 6.19. The summed E-state index contributed by atoms with van der Waals surface area (Å²) in [7, 11) is 0. The van der Waals surface area contributed by atoms with Gasteiger partial charge in [0.15, 0.2) is 0 Å². The van der Waals surface area contributed by atoms with Gasteiger partial charge >= 0.3 is 6.09 Å². The molecular weight excluding hydrogens is 440 g/mol. The number of rotatable bonds is 14. The molecule has 0 radical (unpaired) electrons. The SMILES string of the molecule is CC[C@H](C)C(NC(=O)[C@H](CC(C)C)NC(=O)O)C(=O)C(=O)N[C@H](CC(N)=O)Cc1ccccc1. The van der Waals surface area contributed by atoms with E-state index in [9.17, 15) is 24.0 Å². The van der Waals surface area contributed by atoms with Gasteiger partial charge in [-0.25, -0.2) is 4.79 Å². The number of hydrogen-bond donors (Lipinski definition) is 5. The maximum absolute atomic E-state index is 13.0. The van der Waals surface area contributed by atoms with E-state index in [1.165, 1.54) is 0 Å².